The van der Waals surface area contributed by atoms with E-state index >= 15 is 0 Å². The summed E-state index contributed by atoms with van der Waals surface area (Å²) in [6.07, 6.45) is 0.665. The van der Waals surface area contributed by atoms with Gasteiger partial charge in [-0.1, -0.05) is 36.4 Å². The normalized spacial score (nSPS) is 16.0. The SMILES string of the molecule is COc1ccc([C@H]2CC(c3ccccc3O)=Nc3ccccc3N2)cc1. The van der Waals surface area contributed by atoms with E-state index in [0.717, 1.165) is 34.0 Å². The summed E-state index contributed by atoms with van der Waals surface area (Å²) in [7, 11) is 1.66. The third-order valence-electron chi connectivity index (χ3n) is 4.62. The van der Waals surface area contributed by atoms with Crippen molar-refractivity contribution >= 4 is 17.1 Å². The molecule has 130 valence electrons. The molecule has 2 N–H and O–H groups in total. The van der Waals surface area contributed by atoms with Crippen LogP contribution in [0.2, 0.25) is 0 Å². The predicted molar refractivity (Wildman–Crippen MR) is 105 cm³/mol. The summed E-state index contributed by atoms with van der Waals surface area (Å²) in [5.41, 5.74) is 4.64. The molecule has 0 amide bonds. The molecule has 0 radical (unpaired) electrons. The zero-order valence-corrected chi connectivity index (χ0v) is 14.5. The Hall–Kier alpha value is -3.27. The van der Waals surface area contributed by atoms with Crippen molar-refractivity contribution in [2.24, 2.45) is 4.99 Å². The van der Waals surface area contributed by atoms with Crippen LogP contribution in [-0.4, -0.2) is 17.9 Å². The Morgan fingerprint density at radius 3 is 2.46 bits per heavy atom. The highest BCUT2D eigenvalue weighted by molar-refractivity contribution is 6.05. The predicted octanol–water partition coefficient (Wildman–Crippen LogP) is 5.08. The lowest BCUT2D eigenvalue weighted by molar-refractivity contribution is 0.414. The first-order chi connectivity index (χ1) is 12.7. The Labute approximate surface area is 152 Å². The monoisotopic (exact) mass is 344 g/mol. The summed E-state index contributed by atoms with van der Waals surface area (Å²) in [6, 6.07) is 23.4. The summed E-state index contributed by atoms with van der Waals surface area (Å²) in [6.45, 7) is 0. The minimum Gasteiger partial charge on any atom is -0.507 e. The number of rotatable bonds is 3. The number of phenols is 1. The maximum absolute atomic E-state index is 10.3. The number of phenolic OH excluding ortho intramolecular Hbond substituents is 1. The molecule has 0 unspecified atom stereocenters. The number of fused-ring (bicyclic) bond motifs is 1. The van der Waals surface area contributed by atoms with Gasteiger partial charge in [-0.25, -0.2) is 0 Å². The third kappa shape index (κ3) is 3.14. The van der Waals surface area contributed by atoms with E-state index in [9.17, 15) is 5.11 Å². The zero-order valence-electron chi connectivity index (χ0n) is 14.5. The van der Waals surface area contributed by atoms with E-state index in [1.807, 2.05) is 54.6 Å². The van der Waals surface area contributed by atoms with Crippen LogP contribution in [0.4, 0.5) is 11.4 Å². The molecule has 4 heteroatoms. The fourth-order valence-corrected chi connectivity index (χ4v) is 3.24. The minimum atomic E-state index is 0.0444. The van der Waals surface area contributed by atoms with Crippen LogP contribution in [0.1, 0.15) is 23.6 Å². The number of hydrogen-bond donors (Lipinski definition) is 2. The first kappa shape index (κ1) is 16.2. The molecule has 1 heterocycles. The van der Waals surface area contributed by atoms with Crippen LogP contribution < -0.4 is 10.1 Å². The summed E-state index contributed by atoms with van der Waals surface area (Å²) in [5.74, 6) is 1.08. The molecule has 4 rings (SSSR count). The van der Waals surface area contributed by atoms with Gasteiger partial charge in [-0.05, 0) is 42.0 Å². The van der Waals surface area contributed by atoms with Crippen LogP contribution in [0.15, 0.2) is 77.8 Å². The number of hydrogen-bond acceptors (Lipinski definition) is 4. The highest BCUT2D eigenvalue weighted by atomic mass is 16.5. The molecule has 0 spiro atoms. The third-order valence-corrected chi connectivity index (χ3v) is 4.62. The molecule has 0 fully saturated rings. The van der Waals surface area contributed by atoms with Gasteiger partial charge in [0.1, 0.15) is 11.5 Å². The van der Waals surface area contributed by atoms with Gasteiger partial charge < -0.3 is 15.2 Å². The molecule has 0 bridgehead atoms. The highest BCUT2D eigenvalue weighted by Gasteiger charge is 2.22. The van der Waals surface area contributed by atoms with Crippen molar-refractivity contribution in [2.75, 3.05) is 12.4 Å². The zero-order chi connectivity index (χ0) is 17.9. The molecular formula is C22H20N2O2. The average Bonchev–Trinajstić information content (AvgIpc) is 2.88. The second kappa shape index (κ2) is 6.92. The number of ether oxygens (including phenoxy) is 1. The molecule has 4 nitrogen and oxygen atoms in total. The van der Waals surface area contributed by atoms with E-state index in [4.69, 9.17) is 9.73 Å². The number of anilines is 1. The lowest BCUT2D eigenvalue weighted by Gasteiger charge is -2.20. The number of nitrogens with one attached hydrogen (secondary N) is 1. The van der Waals surface area contributed by atoms with Crippen molar-refractivity contribution in [1.82, 2.24) is 0 Å². The molecular weight excluding hydrogens is 324 g/mol. The second-order valence-electron chi connectivity index (χ2n) is 6.27. The Balaban J connectivity index is 1.78. The molecule has 0 saturated carbocycles. The fourth-order valence-electron chi connectivity index (χ4n) is 3.24. The van der Waals surface area contributed by atoms with E-state index in [2.05, 4.69) is 17.4 Å². The first-order valence-corrected chi connectivity index (χ1v) is 8.60. The molecule has 26 heavy (non-hydrogen) atoms. The fraction of sp³-hybridized carbons (Fsp3) is 0.136. The standard InChI is InChI=1S/C22H20N2O2/c1-26-16-12-10-15(11-13-16)20-14-21(17-6-2-5-9-22(17)25)24-19-8-4-3-7-18(19)23-20/h2-13,20,23,25H,14H2,1H3/t20-/m1/s1. The maximum atomic E-state index is 10.3. The van der Waals surface area contributed by atoms with Gasteiger partial charge in [-0.3, -0.25) is 4.99 Å². The molecule has 0 aromatic heterocycles. The van der Waals surface area contributed by atoms with Gasteiger partial charge in [0.2, 0.25) is 0 Å². The van der Waals surface area contributed by atoms with Crippen molar-refractivity contribution in [3.63, 3.8) is 0 Å². The van der Waals surface area contributed by atoms with Crippen LogP contribution in [0, 0.1) is 0 Å². The van der Waals surface area contributed by atoms with Crippen LogP contribution in [0.25, 0.3) is 0 Å². The number of benzene rings is 3. The number of methoxy groups -OCH3 is 1. The molecule has 3 aromatic carbocycles. The number of para-hydroxylation sites is 3. The Bertz CT molecular complexity index is 948. The average molecular weight is 344 g/mol. The van der Waals surface area contributed by atoms with Crippen LogP contribution >= 0.6 is 0 Å². The van der Waals surface area contributed by atoms with Gasteiger partial charge in [0.25, 0.3) is 0 Å². The van der Waals surface area contributed by atoms with Crippen molar-refractivity contribution in [2.45, 2.75) is 12.5 Å². The first-order valence-electron chi connectivity index (χ1n) is 8.60. The van der Waals surface area contributed by atoms with Crippen molar-refractivity contribution < 1.29 is 9.84 Å². The smallest absolute Gasteiger partial charge is 0.124 e. The summed E-state index contributed by atoms with van der Waals surface area (Å²) < 4.78 is 5.27. The van der Waals surface area contributed by atoms with E-state index < -0.39 is 0 Å². The van der Waals surface area contributed by atoms with Gasteiger partial charge in [0, 0.05) is 12.0 Å². The largest absolute Gasteiger partial charge is 0.507 e. The summed E-state index contributed by atoms with van der Waals surface area (Å²) in [5, 5.41) is 13.9. The Morgan fingerprint density at radius 2 is 1.69 bits per heavy atom. The molecule has 0 aliphatic carbocycles. The second-order valence-corrected chi connectivity index (χ2v) is 6.27. The van der Waals surface area contributed by atoms with Gasteiger partial charge in [0.05, 0.1) is 30.2 Å². The van der Waals surface area contributed by atoms with E-state index in [0.29, 0.717) is 6.42 Å². The number of aromatic hydroxyl groups is 1. The van der Waals surface area contributed by atoms with Gasteiger partial charge in [-0.2, -0.15) is 0 Å². The van der Waals surface area contributed by atoms with Crippen LogP contribution in [-0.2, 0) is 0 Å². The molecule has 3 aromatic rings. The molecule has 1 aliphatic rings. The van der Waals surface area contributed by atoms with E-state index in [1.54, 1.807) is 13.2 Å². The molecule has 0 saturated heterocycles. The Morgan fingerprint density at radius 1 is 0.962 bits per heavy atom. The number of aliphatic imine (C=N–C) groups is 1. The molecule has 1 atom stereocenters. The topological polar surface area (TPSA) is 53.9 Å². The van der Waals surface area contributed by atoms with Crippen molar-refractivity contribution in [1.29, 1.82) is 0 Å². The maximum Gasteiger partial charge on any atom is 0.124 e. The van der Waals surface area contributed by atoms with Crippen LogP contribution in [0.3, 0.4) is 0 Å². The van der Waals surface area contributed by atoms with E-state index in [1.165, 1.54) is 0 Å². The molecule has 1 aliphatic heterocycles. The number of nitrogens with zero attached hydrogens (tertiary/aromatic N) is 1. The highest BCUT2D eigenvalue weighted by Crippen LogP contribution is 2.36. The van der Waals surface area contributed by atoms with Crippen molar-refractivity contribution in [3.05, 3.63) is 83.9 Å². The lowest BCUT2D eigenvalue weighted by atomic mass is 9.97. The quantitative estimate of drug-likeness (QED) is 0.697. The summed E-state index contributed by atoms with van der Waals surface area (Å²) in [4.78, 5) is 4.85. The van der Waals surface area contributed by atoms with E-state index in [-0.39, 0.29) is 11.8 Å². The minimum absolute atomic E-state index is 0.0444. The van der Waals surface area contributed by atoms with Crippen LogP contribution in [0.5, 0.6) is 11.5 Å². The van der Waals surface area contributed by atoms with Gasteiger partial charge >= 0.3 is 0 Å². The van der Waals surface area contributed by atoms with Crippen molar-refractivity contribution in [3.8, 4) is 11.5 Å². The summed E-state index contributed by atoms with van der Waals surface area (Å²) >= 11 is 0. The lowest BCUT2D eigenvalue weighted by Crippen LogP contribution is -2.14. The van der Waals surface area contributed by atoms with Gasteiger partial charge in [0.15, 0.2) is 0 Å². The van der Waals surface area contributed by atoms with Gasteiger partial charge in [-0.15, -0.1) is 0 Å². The Kier molecular flexibility index (Phi) is 4.32.